The Bertz CT molecular complexity index is 978. The van der Waals surface area contributed by atoms with Gasteiger partial charge in [-0.1, -0.05) is 6.92 Å². The number of hydrogen-bond acceptors (Lipinski definition) is 2. The van der Waals surface area contributed by atoms with Gasteiger partial charge in [0.15, 0.2) is 0 Å². The highest BCUT2D eigenvalue weighted by Gasteiger charge is 2.30. The van der Waals surface area contributed by atoms with E-state index in [2.05, 4.69) is 26.2 Å². The fourth-order valence-electron chi connectivity index (χ4n) is 2.74. The number of halogens is 4. The third-order valence-electron chi connectivity index (χ3n) is 3.96. The van der Waals surface area contributed by atoms with Gasteiger partial charge in [0, 0.05) is 16.4 Å². The lowest BCUT2D eigenvalue weighted by Crippen LogP contribution is -2.16. The quantitative estimate of drug-likeness (QED) is 0.623. The number of hydrogen-bond donors (Lipinski definition) is 1. The molecule has 0 spiro atoms. The second-order valence-electron chi connectivity index (χ2n) is 5.82. The molecule has 0 unspecified atom stereocenters. The van der Waals surface area contributed by atoms with E-state index in [0.29, 0.717) is 23.5 Å². The Labute approximate surface area is 156 Å². The van der Waals surface area contributed by atoms with E-state index in [1.165, 1.54) is 12.1 Å². The summed E-state index contributed by atoms with van der Waals surface area (Å²) >= 11 is 3.40. The highest BCUT2D eigenvalue weighted by Crippen LogP contribution is 2.30. The smallest absolute Gasteiger partial charge is 0.321 e. The molecule has 8 heteroatoms. The third kappa shape index (κ3) is 3.46. The molecule has 3 rings (SSSR count). The van der Waals surface area contributed by atoms with E-state index in [9.17, 15) is 18.0 Å². The Hall–Kier alpha value is -2.35. The molecular formula is C18H15BrF3N3O. The van der Waals surface area contributed by atoms with Gasteiger partial charge in [0.25, 0.3) is 5.91 Å². The van der Waals surface area contributed by atoms with Crippen molar-refractivity contribution in [3.8, 4) is 0 Å². The van der Waals surface area contributed by atoms with Crippen molar-refractivity contribution in [1.29, 1.82) is 0 Å². The molecule has 1 N–H and O–H groups in total. The fourth-order valence-corrected chi connectivity index (χ4v) is 3.28. The van der Waals surface area contributed by atoms with Gasteiger partial charge in [0.1, 0.15) is 11.3 Å². The van der Waals surface area contributed by atoms with Crippen molar-refractivity contribution in [2.45, 2.75) is 26.4 Å². The molecular weight excluding hydrogens is 411 g/mol. The summed E-state index contributed by atoms with van der Waals surface area (Å²) in [4.78, 5) is 17.3. The number of imidazole rings is 1. The van der Waals surface area contributed by atoms with Crippen LogP contribution < -0.4 is 5.32 Å². The zero-order valence-corrected chi connectivity index (χ0v) is 15.6. The minimum atomic E-state index is -4.41. The second kappa shape index (κ2) is 6.75. The number of aromatic nitrogens is 2. The van der Waals surface area contributed by atoms with Crippen LogP contribution in [0.1, 0.15) is 34.2 Å². The molecule has 0 fully saturated rings. The molecule has 0 bridgehead atoms. The molecule has 1 amide bonds. The van der Waals surface area contributed by atoms with Gasteiger partial charge in [0.05, 0.1) is 11.3 Å². The van der Waals surface area contributed by atoms with Gasteiger partial charge in [-0.3, -0.25) is 9.20 Å². The van der Waals surface area contributed by atoms with Crippen LogP contribution in [0, 0.1) is 6.92 Å². The fraction of sp³-hybridized carbons (Fsp3) is 0.222. The average Bonchev–Trinajstić information content (AvgIpc) is 2.93. The van der Waals surface area contributed by atoms with E-state index in [1.54, 1.807) is 10.6 Å². The number of nitrogens with one attached hydrogen (secondary N) is 1. The van der Waals surface area contributed by atoms with Crippen LogP contribution in [0.25, 0.3) is 5.65 Å². The van der Waals surface area contributed by atoms with Crippen molar-refractivity contribution in [3.63, 3.8) is 0 Å². The Morgan fingerprint density at radius 2 is 1.92 bits per heavy atom. The number of aryl methyl sites for hydroxylation is 2. The monoisotopic (exact) mass is 425 g/mol. The summed E-state index contributed by atoms with van der Waals surface area (Å²) in [7, 11) is 0. The molecule has 0 aliphatic rings. The first-order valence-electron chi connectivity index (χ1n) is 7.86. The lowest BCUT2D eigenvalue weighted by atomic mass is 10.2. The topological polar surface area (TPSA) is 46.4 Å². The van der Waals surface area contributed by atoms with E-state index < -0.39 is 17.6 Å². The maximum atomic E-state index is 12.8. The van der Waals surface area contributed by atoms with Crippen LogP contribution in [0.4, 0.5) is 18.9 Å². The van der Waals surface area contributed by atoms with Crippen molar-refractivity contribution in [3.05, 3.63) is 63.5 Å². The number of fused-ring (bicyclic) bond motifs is 1. The SMILES string of the molecule is CCc1nc2c(C)cc(Br)cn2c1C(=O)Nc1ccc(C(F)(F)F)cc1. The van der Waals surface area contributed by atoms with Gasteiger partial charge < -0.3 is 5.32 Å². The van der Waals surface area contributed by atoms with Gasteiger partial charge in [-0.15, -0.1) is 0 Å². The molecule has 2 aromatic heterocycles. The lowest BCUT2D eigenvalue weighted by Gasteiger charge is -2.10. The van der Waals surface area contributed by atoms with Crippen molar-refractivity contribution in [1.82, 2.24) is 9.38 Å². The number of rotatable bonds is 3. The third-order valence-corrected chi connectivity index (χ3v) is 4.40. The molecule has 2 heterocycles. The number of alkyl halides is 3. The van der Waals surface area contributed by atoms with Crippen LogP contribution in [-0.4, -0.2) is 15.3 Å². The number of carbonyl (C=O) groups excluding carboxylic acids is 1. The number of anilines is 1. The Morgan fingerprint density at radius 1 is 1.27 bits per heavy atom. The van der Waals surface area contributed by atoms with E-state index in [4.69, 9.17) is 0 Å². The molecule has 3 aromatic rings. The zero-order valence-electron chi connectivity index (χ0n) is 14.0. The summed E-state index contributed by atoms with van der Waals surface area (Å²) in [6, 6.07) is 6.24. The van der Waals surface area contributed by atoms with Gasteiger partial charge >= 0.3 is 6.18 Å². The molecule has 0 radical (unpaired) electrons. The number of amides is 1. The van der Waals surface area contributed by atoms with E-state index in [0.717, 1.165) is 22.2 Å². The summed E-state index contributed by atoms with van der Waals surface area (Å²) in [6.45, 7) is 3.78. The minimum Gasteiger partial charge on any atom is -0.321 e. The number of carbonyl (C=O) groups is 1. The number of pyridine rings is 1. The summed E-state index contributed by atoms with van der Waals surface area (Å²) in [5.41, 5.74) is 2.08. The van der Waals surface area contributed by atoms with Crippen molar-refractivity contribution in [2.24, 2.45) is 0 Å². The second-order valence-corrected chi connectivity index (χ2v) is 6.74. The molecule has 1 aromatic carbocycles. The largest absolute Gasteiger partial charge is 0.416 e. The van der Waals surface area contributed by atoms with Crippen molar-refractivity contribution in [2.75, 3.05) is 5.32 Å². The summed E-state index contributed by atoms with van der Waals surface area (Å²) < 4.78 is 40.4. The predicted molar refractivity (Wildman–Crippen MR) is 96.4 cm³/mol. The highest BCUT2D eigenvalue weighted by atomic mass is 79.9. The Kier molecular flexibility index (Phi) is 4.79. The van der Waals surface area contributed by atoms with Gasteiger partial charge in [-0.2, -0.15) is 13.2 Å². The maximum Gasteiger partial charge on any atom is 0.416 e. The van der Waals surface area contributed by atoms with Crippen LogP contribution in [0.15, 0.2) is 41.0 Å². The predicted octanol–water partition coefficient (Wildman–Crippen LogP) is 5.24. The number of benzene rings is 1. The van der Waals surface area contributed by atoms with Crippen molar-refractivity contribution >= 4 is 33.2 Å². The highest BCUT2D eigenvalue weighted by molar-refractivity contribution is 9.10. The van der Waals surface area contributed by atoms with E-state index in [-0.39, 0.29) is 5.69 Å². The number of nitrogens with zero attached hydrogens (tertiary/aromatic N) is 2. The standard InChI is InChI=1S/C18H15BrF3N3O/c1-3-14-15(25-9-12(19)8-10(2)16(25)24-14)17(26)23-13-6-4-11(5-7-13)18(20,21)22/h4-9H,3H2,1-2H3,(H,23,26). The molecule has 0 saturated heterocycles. The van der Waals surface area contributed by atoms with Crippen LogP contribution in [0.2, 0.25) is 0 Å². The first kappa shape index (κ1) is 18.4. The average molecular weight is 426 g/mol. The van der Waals surface area contributed by atoms with Crippen LogP contribution >= 0.6 is 15.9 Å². The molecule has 4 nitrogen and oxygen atoms in total. The molecule has 26 heavy (non-hydrogen) atoms. The van der Waals surface area contributed by atoms with Crippen LogP contribution in [0.5, 0.6) is 0 Å². The van der Waals surface area contributed by atoms with Crippen molar-refractivity contribution < 1.29 is 18.0 Å². The molecule has 0 atom stereocenters. The van der Waals surface area contributed by atoms with Gasteiger partial charge in [-0.05, 0) is 65.2 Å². The van der Waals surface area contributed by atoms with Crippen LogP contribution in [-0.2, 0) is 12.6 Å². The normalized spacial score (nSPS) is 11.8. The lowest BCUT2D eigenvalue weighted by molar-refractivity contribution is -0.137. The maximum absolute atomic E-state index is 12.8. The molecule has 0 aliphatic heterocycles. The van der Waals surface area contributed by atoms with E-state index in [1.807, 2.05) is 19.9 Å². The Morgan fingerprint density at radius 3 is 2.50 bits per heavy atom. The summed E-state index contributed by atoms with van der Waals surface area (Å²) in [5.74, 6) is -0.424. The minimum absolute atomic E-state index is 0.284. The first-order valence-corrected chi connectivity index (χ1v) is 8.65. The first-order chi connectivity index (χ1) is 12.2. The molecule has 136 valence electrons. The molecule has 0 saturated carbocycles. The summed E-state index contributed by atoms with van der Waals surface area (Å²) in [5, 5.41) is 2.65. The zero-order chi connectivity index (χ0) is 19.1. The van der Waals surface area contributed by atoms with Gasteiger partial charge in [-0.25, -0.2) is 4.98 Å². The van der Waals surface area contributed by atoms with E-state index >= 15 is 0 Å². The Balaban J connectivity index is 1.97. The van der Waals surface area contributed by atoms with Crippen LogP contribution in [0.3, 0.4) is 0 Å². The van der Waals surface area contributed by atoms with Gasteiger partial charge in [0.2, 0.25) is 0 Å². The molecule has 0 aliphatic carbocycles. The summed E-state index contributed by atoms with van der Waals surface area (Å²) in [6.07, 6.45) is -2.12.